The van der Waals surface area contributed by atoms with Gasteiger partial charge in [-0.3, -0.25) is 15.1 Å². The summed E-state index contributed by atoms with van der Waals surface area (Å²) in [5.74, 6) is -0.284. The third kappa shape index (κ3) is 4.02. The molecule has 0 saturated heterocycles. The Labute approximate surface area is 212 Å². The maximum absolute atomic E-state index is 13.9. The van der Waals surface area contributed by atoms with Crippen molar-refractivity contribution in [2.75, 3.05) is 16.0 Å². The van der Waals surface area contributed by atoms with Crippen LogP contribution in [0.5, 0.6) is 0 Å². The van der Waals surface area contributed by atoms with Gasteiger partial charge in [0.15, 0.2) is 5.65 Å². The van der Waals surface area contributed by atoms with Gasteiger partial charge >= 0.3 is 0 Å². The molecule has 37 heavy (non-hydrogen) atoms. The summed E-state index contributed by atoms with van der Waals surface area (Å²) >= 11 is 0. The lowest BCUT2D eigenvalue weighted by Gasteiger charge is -2.14. The zero-order chi connectivity index (χ0) is 24.8. The van der Waals surface area contributed by atoms with E-state index in [2.05, 4.69) is 53.2 Å². The summed E-state index contributed by atoms with van der Waals surface area (Å²) in [5.41, 5.74) is 7.79. The van der Waals surface area contributed by atoms with Gasteiger partial charge in [0, 0.05) is 52.9 Å². The fourth-order valence-electron chi connectivity index (χ4n) is 5.36. The van der Waals surface area contributed by atoms with Crippen LogP contribution in [-0.4, -0.2) is 31.2 Å². The summed E-state index contributed by atoms with van der Waals surface area (Å²) in [6, 6.07) is 11.3. The van der Waals surface area contributed by atoms with Crippen molar-refractivity contribution in [3.8, 4) is 22.3 Å². The molecule has 0 radical (unpaired) electrons. The van der Waals surface area contributed by atoms with Crippen molar-refractivity contribution in [3.63, 3.8) is 0 Å². The van der Waals surface area contributed by atoms with E-state index in [-0.39, 0.29) is 12.0 Å². The van der Waals surface area contributed by atoms with Gasteiger partial charge < -0.3 is 16.0 Å². The molecule has 184 valence electrons. The van der Waals surface area contributed by atoms with Gasteiger partial charge in [0.05, 0.1) is 29.0 Å². The summed E-state index contributed by atoms with van der Waals surface area (Å²) in [6.07, 6.45) is 13.8. The van der Waals surface area contributed by atoms with Gasteiger partial charge in [-0.15, -0.1) is 0 Å². The summed E-state index contributed by atoms with van der Waals surface area (Å²) in [6.45, 7) is 0. The zero-order valence-electron chi connectivity index (χ0n) is 20.0. The first-order valence-electron chi connectivity index (χ1n) is 12.5. The molecule has 1 saturated carbocycles. The summed E-state index contributed by atoms with van der Waals surface area (Å²) < 4.78 is 13.9. The molecule has 5 heterocycles. The second kappa shape index (κ2) is 8.85. The molecule has 5 aromatic rings. The maximum atomic E-state index is 13.9. The monoisotopic (exact) mass is 492 g/mol. The molecule has 8 nitrogen and oxygen atoms in total. The molecule has 9 heteroatoms. The second-order valence-electron chi connectivity index (χ2n) is 9.66. The highest BCUT2D eigenvalue weighted by Crippen LogP contribution is 2.42. The number of aromatic nitrogens is 5. The Morgan fingerprint density at radius 1 is 0.865 bits per heavy atom. The SMILES string of the molecule is Fc1cccc(-c2cncc3c2NC(c2[nH]nc4ncc(-c5cncc(NC6CCCC6)c5)cc24)N3)c1. The molecule has 0 bridgehead atoms. The average Bonchev–Trinajstić information content (AvgIpc) is 3.67. The van der Waals surface area contributed by atoms with E-state index in [1.54, 1.807) is 18.5 Å². The minimum atomic E-state index is -0.284. The number of halogens is 1. The summed E-state index contributed by atoms with van der Waals surface area (Å²) in [5, 5.41) is 19.1. The molecule has 1 aliphatic heterocycles. The third-order valence-corrected chi connectivity index (χ3v) is 7.20. The number of anilines is 3. The van der Waals surface area contributed by atoms with Crippen molar-refractivity contribution in [2.45, 2.75) is 37.9 Å². The number of hydrogen-bond acceptors (Lipinski definition) is 7. The molecular weight excluding hydrogens is 467 g/mol. The van der Waals surface area contributed by atoms with Crippen molar-refractivity contribution in [1.82, 2.24) is 25.1 Å². The molecule has 4 N–H and O–H groups in total. The van der Waals surface area contributed by atoms with Crippen LogP contribution in [0.3, 0.4) is 0 Å². The Morgan fingerprint density at radius 2 is 1.73 bits per heavy atom. The fraction of sp³-hybridized carbons (Fsp3) is 0.214. The summed E-state index contributed by atoms with van der Waals surface area (Å²) in [7, 11) is 0. The Bertz CT molecular complexity index is 1610. The fourth-order valence-corrected chi connectivity index (χ4v) is 5.36. The molecular formula is C28H25FN8. The van der Waals surface area contributed by atoms with Crippen LogP contribution in [0.15, 0.2) is 67.4 Å². The smallest absolute Gasteiger partial charge is 0.181 e. The van der Waals surface area contributed by atoms with Crippen LogP contribution < -0.4 is 16.0 Å². The molecule has 1 fully saturated rings. The van der Waals surface area contributed by atoms with Crippen LogP contribution in [0.2, 0.25) is 0 Å². The maximum Gasteiger partial charge on any atom is 0.181 e. The van der Waals surface area contributed by atoms with Crippen LogP contribution >= 0.6 is 0 Å². The normalized spacial score (nSPS) is 16.9. The van der Waals surface area contributed by atoms with E-state index in [0.29, 0.717) is 11.7 Å². The number of H-pyrrole nitrogens is 1. The minimum Gasteiger partial charge on any atom is -0.381 e. The van der Waals surface area contributed by atoms with Crippen LogP contribution in [0.25, 0.3) is 33.3 Å². The Balaban J connectivity index is 1.20. The number of pyridine rings is 3. The zero-order valence-corrected chi connectivity index (χ0v) is 20.0. The highest BCUT2D eigenvalue weighted by atomic mass is 19.1. The molecule has 7 rings (SSSR count). The van der Waals surface area contributed by atoms with Gasteiger partial charge in [-0.05, 0) is 42.7 Å². The number of nitrogens with zero attached hydrogens (tertiary/aromatic N) is 4. The lowest BCUT2D eigenvalue weighted by atomic mass is 10.1. The van der Waals surface area contributed by atoms with Crippen molar-refractivity contribution in [2.24, 2.45) is 0 Å². The molecule has 1 unspecified atom stereocenters. The van der Waals surface area contributed by atoms with Crippen molar-refractivity contribution >= 4 is 28.1 Å². The molecule has 2 aliphatic rings. The first kappa shape index (κ1) is 21.7. The highest BCUT2D eigenvalue weighted by Gasteiger charge is 2.27. The molecule has 1 atom stereocenters. The molecule has 0 spiro atoms. The van der Waals surface area contributed by atoms with Gasteiger partial charge in [0.2, 0.25) is 0 Å². The predicted molar refractivity (Wildman–Crippen MR) is 143 cm³/mol. The average molecular weight is 493 g/mol. The summed E-state index contributed by atoms with van der Waals surface area (Å²) in [4.78, 5) is 13.4. The lowest BCUT2D eigenvalue weighted by Crippen LogP contribution is -2.14. The quantitative estimate of drug-likeness (QED) is 0.235. The van der Waals surface area contributed by atoms with Gasteiger partial charge in [-0.2, -0.15) is 5.10 Å². The van der Waals surface area contributed by atoms with Crippen LogP contribution in [0, 0.1) is 5.82 Å². The Hall–Kier alpha value is -4.53. The van der Waals surface area contributed by atoms with Crippen LogP contribution in [0.1, 0.15) is 37.5 Å². The first-order valence-corrected chi connectivity index (χ1v) is 12.5. The molecule has 1 aliphatic carbocycles. The predicted octanol–water partition coefficient (Wildman–Crippen LogP) is 6.11. The van der Waals surface area contributed by atoms with Crippen LogP contribution in [-0.2, 0) is 0 Å². The van der Waals surface area contributed by atoms with Gasteiger partial charge in [0.1, 0.15) is 12.0 Å². The molecule has 1 aromatic carbocycles. The van der Waals surface area contributed by atoms with E-state index in [1.807, 2.05) is 24.7 Å². The Morgan fingerprint density at radius 3 is 2.62 bits per heavy atom. The number of fused-ring (bicyclic) bond motifs is 2. The lowest BCUT2D eigenvalue weighted by molar-refractivity contribution is 0.628. The molecule has 4 aromatic heterocycles. The van der Waals surface area contributed by atoms with E-state index in [0.717, 1.165) is 50.4 Å². The van der Waals surface area contributed by atoms with E-state index in [9.17, 15) is 4.39 Å². The van der Waals surface area contributed by atoms with Gasteiger partial charge in [-0.25, -0.2) is 9.37 Å². The van der Waals surface area contributed by atoms with Crippen molar-refractivity contribution in [3.05, 3.63) is 78.9 Å². The van der Waals surface area contributed by atoms with Gasteiger partial charge in [0.25, 0.3) is 0 Å². The first-order chi connectivity index (χ1) is 18.2. The number of benzene rings is 1. The second-order valence-corrected chi connectivity index (χ2v) is 9.66. The number of hydrogen-bond donors (Lipinski definition) is 4. The number of rotatable bonds is 5. The van der Waals surface area contributed by atoms with Gasteiger partial charge in [-0.1, -0.05) is 25.0 Å². The number of aromatic amines is 1. The van der Waals surface area contributed by atoms with E-state index < -0.39 is 0 Å². The van der Waals surface area contributed by atoms with E-state index in [4.69, 9.17) is 0 Å². The van der Waals surface area contributed by atoms with E-state index >= 15 is 0 Å². The third-order valence-electron chi connectivity index (χ3n) is 7.20. The van der Waals surface area contributed by atoms with Crippen molar-refractivity contribution in [1.29, 1.82) is 0 Å². The number of nitrogens with one attached hydrogen (secondary N) is 4. The topological polar surface area (TPSA) is 103 Å². The van der Waals surface area contributed by atoms with E-state index in [1.165, 1.54) is 37.8 Å². The molecule has 0 amide bonds. The van der Waals surface area contributed by atoms with Crippen molar-refractivity contribution < 1.29 is 4.39 Å². The van der Waals surface area contributed by atoms with Crippen LogP contribution in [0.4, 0.5) is 21.5 Å². The Kier molecular flexibility index (Phi) is 5.20. The standard InChI is InChI=1S/C28H25FN8/c29-19-5-3-4-16(8-19)23-14-31-15-24-25(23)35-28(34-24)26-22-10-18(12-32-27(22)37-36-26)17-9-21(13-30-11-17)33-20-6-1-2-7-20/h3-5,8-15,20,28,33-35H,1-2,6-7H2,(H,32,36,37). The largest absolute Gasteiger partial charge is 0.381 e. The minimum absolute atomic E-state index is 0.276. The highest BCUT2D eigenvalue weighted by molar-refractivity contribution is 5.91.